The summed E-state index contributed by atoms with van der Waals surface area (Å²) in [6, 6.07) is 1.46. The third-order valence-electron chi connectivity index (χ3n) is 3.78. The zero-order valence-electron chi connectivity index (χ0n) is 14.2. The minimum absolute atomic E-state index is 0.00699. The zero-order valence-corrected chi connectivity index (χ0v) is 16.6. The lowest BCUT2D eigenvalue weighted by molar-refractivity contribution is 0.0458. The smallest absolute Gasteiger partial charge is 0.350 e. The third-order valence-corrected chi connectivity index (χ3v) is 7.68. The molecule has 0 atom stereocenters. The number of hydrogen-bond acceptors (Lipinski definition) is 9. The van der Waals surface area contributed by atoms with Gasteiger partial charge < -0.3 is 4.74 Å². The third kappa shape index (κ3) is 4.08. The molecule has 0 spiro atoms. The van der Waals surface area contributed by atoms with Gasteiger partial charge in [0.2, 0.25) is 10.0 Å². The highest BCUT2D eigenvalue weighted by Gasteiger charge is 2.31. The van der Waals surface area contributed by atoms with Crippen molar-refractivity contribution >= 4 is 39.1 Å². The van der Waals surface area contributed by atoms with Crippen molar-refractivity contribution in [3.05, 3.63) is 22.1 Å². The first kappa shape index (κ1) is 19.3. The van der Waals surface area contributed by atoms with E-state index in [1.165, 1.54) is 10.4 Å². The Morgan fingerprint density at radius 2 is 2.12 bits per heavy atom. The van der Waals surface area contributed by atoms with Crippen LogP contribution in [0.15, 0.2) is 16.3 Å². The van der Waals surface area contributed by atoms with Crippen molar-refractivity contribution in [3.63, 3.8) is 0 Å². The van der Waals surface area contributed by atoms with Crippen molar-refractivity contribution in [1.82, 2.24) is 24.5 Å². The molecule has 142 valence electrons. The molecule has 3 rings (SSSR count). The summed E-state index contributed by atoms with van der Waals surface area (Å²) in [7, 11) is -3.70. The van der Waals surface area contributed by atoms with Crippen LogP contribution in [-0.4, -0.2) is 63.5 Å². The molecule has 0 saturated carbocycles. The fourth-order valence-electron chi connectivity index (χ4n) is 2.48. The van der Waals surface area contributed by atoms with Gasteiger partial charge in [-0.2, -0.15) is 16.1 Å². The van der Waals surface area contributed by atoms with Crippen molar-refractivity contribution in [2.75, 3.05) is 24.6 Å². The van der Waals surface area contributed by atoms with E-state index in [1.807, 2.05) is 6.92 Å². The molecule has 9 nitrogen and oxygen atoms in total. The highest BCUT2D eigenvalue weighted by atomic mass is 32.2. The number of aromatic nitrogens is 4. The van der Waals surface area contributed by atoms with Gasteiger partial charge in [-0.05, 0) is 28.3 Å². The summed E-state index contributed by atoms with van der Waals surface area (Å²) >= 11 is 2.77. The Kier molecular flexibility index (Phi) is 6.27. The molecular formula is C14H19N5O4S3. The van der Waals surface area contributed by atoms with Crippen molar-refractivity contribution in [3.8, 4) is 0 Å². The van der Waals surface area contributed by atoms with Gasteiger partial charge in [-0.3, -0.25) is 0 Å². The number of carbonyl (C=O) groups is 1. The number of carbonyl (C=O) groups excluding carboxylic acids is 1. The highest BCUT2D eigenvalue weighted by Crippen LogP contribution is 2.27. The lowest BCUT2D eigenvalue weighted by Gasteiger charge is -2.25. The van der Waals surface area contributed by atoms with Gasteiger partial charge in [0.15, 0.2) is 12.4 Å². The number of tetrazole rings is 1. The standard InChI is InChI=1S/C14H19N5O4S3/c1-2-4-19-12(15-16-17-19)10-23-14(20)13-11(3-7-25-13)26(21,22)18-5-8-24-9-6-18/h3,7H,2,4-6,8-10H2,1H3. The molecule has 1 fully saturated rings. The van der Waals surface area contributed by atoms with E-state index >= 15 is 0 Å². The zero-order chi connectivity index (χ0) is 18.6. The van der Waals surface area contributed by atoms with Crippen molar-refractivity contribution in [2.45, 2.75) is 31.4 Å². The molecule has 12 heteroatoms. The molecule has 1 saturated heterocycles. The molecule has 2 aromatic heterocycles. The van der Waals surface area contributed by atoms with E-state index in [0.29, 0.717) is 25.5 Å². The predicted octanol–water partition coefficient (Wildman–Crippen LogP) is 1.24. The molecule has 0 N–H and O–H groups in total. The maximum absolute atomic E-state index is 12.8. The van der Waals surface area contributed by atoms with Gasteiger partial charge in [-0.1, -0.05) is 6.92 Å². The maximum Gasteiger partial charge on any atom is 0.350 e. The molecule has 0 bridgehead atoms. The second-order valence-electron chi connectivity index (χ2n) is 5.52. The van der Waals surface area contributed by atoms with E-state index in [0.717, 1.165) is 29.3 Å². The number of thioether (sulfide) groups is 1. The average Bonchev–Trinajstić information content (AvgIpc) is 3.30. The number of esters is 1. The minimum atomic E-state index is -3.70. The predicted molar refractivity (Wildman–Crippen MR) is 97.6 cm³/mol. The lowest BCUT2D eigenvalue weighted by atomic mass is 10.4. The van der Waals surface area contributed by atoms with Crippen molar-refractivity contribution < 1.29 is 17.9 Å². The Morgan fingerprint density at radius 3 is 2.85 bits per heavy atom. The number of thiophene rings is 1. The molecule has 2 aromatic rings. The number of nitrogens with zero attached hydrogens (tertiary/aromatic N) is 5. The second kappa shape index (κ2) is 8.46. The van der Waals surface area contributed by atoms with Crippen molar-refractivity contribution in [1.29, 1.82) is 0 Å². The van der Waals surface area contributed by atoms with Crippen LogP contribution in [0.3, 0.4) is 0 Å². The number of rotatable bonds is 7. The molecule has 1 aliphatic heterocycles. The number of sulfonamides is 1. The number of hydrogen-bond donors (Lipinski definition) is 0. The van der Waals surface area contributed by atoms with Crippen LogP contribution in [0, 0.1) is 0 Å². The van der Waals surface area contributed by atoms with Gasteiger partial charge >= 0.3 is 5.97 Å². The first-order chi connectivity index (χ1) is 12.5. The fraction of sp³-hybridized carbons (Fsp3) is 0.571. The molecule has 0 aliphatic carbocycles. The molecule has 3 heterocycles. The number of aryl methyl sites for hydroxylation is 1. The molecule has 26 heavy (non-hydrogen) atoms. The van der Waals surface area contributed by atoms with Gasteiger partial charge in [0.05, 0.1) is 0 Å². The second-order valence-corrected chi connectivity index (χ2v) is 9.57. The van der Waals surface area contributed by atoms with Crippen molar-refractivity contribution in [2.24, 2.45) is 0 Å². The highest BCUT2D eigenvalue weighted by molar-refractivity contribution is 7.99. The van der Waals surface area contributed by atoms with Crippen LogP contribution in [-0.2, 0) is 27.9 Å². The van der Waals surface area contributed by atoms with Gasteiger partial charge in [0, 0.05) is 31.1 Å². The topological polar surface area (TPSA) is 107 Å². The summed E-state index contributed by atoms with van der Waals surface area (Å²) < 4.78 is 33.9. The molecule has 0 radical (unpaired) electrons. The summed E-state index contributed by atoms with van der Waals surface area (Å²) in [5.74, 6) is 1.25. The largest absolute Gasteiger partial charge is 0.453 e. The summed E-state index contributed by atoms with van der Waals surface area (Å²) in [4.78, 5) is 12.5. The monoisotopic (exact) mass is 417 g/mol. The van der Waals surface area contributed by atoms with Crippen LogP contribution in [0.4, 0.5) is 0 Å². The molecule has 0 amide bonds. The Bertz CT molecular complexity index is 858. The van der Waals surface area contributed by atoms with Crippen LogP contribution in [0.1, 0.15) is 28.8 Å². The van der Waals surface area contributed by atoms with E-state index in [9.17, 15) is 13.2 Å². The first-order valence-corrected chi connectivity index (χ1v) is 11.6. The lowest BCUT2D eigenvalue weighted by Crippen LogP contribution is -2.38. The summed E-state index contributed by atoms with van der Waals surface area (Å²) in [6.07, 6.45) is 0.841. The Hall–Kier alpha value is -1.50. The fourth-order valence-corrected chi connectivity index (χ4v) is 6.34. The van der Waals surface area contributed by atoms with E-state index in [2.05, 4.69) is 15.5 Å². The first-order valence-electron chi connectivity index (χ1n) is 8.11. The quantitative estimate of drug-likeness (QED) is 0.619. The summed E-state index contributed by atoms with van der Waals surface area (Å²) in [5, 5.41) is 12.8. The average molecular weight is 418 g/mol. The SMILES string of the molecule is CCCn1nnnc1COC(=O)c1sccc1S(=O)(=O)N1CCSCC1. The van der Waals surface area contributed by atoms with Gasteiger partial charge in [-0.25, -0.2) is 17.9 Å². The normalized spacial score (nSPS) is 15.9. The van der Waals surface area contributed by atoms with E-state index in [4.69, 9.17) is 4.74 Å². The van der Waals surface area contributed by atoms with Crippen LogP contribution >= 0.6 is 23.1 Å². The Labute approximate surface area is 159 Å². The molecular weight excluding hydrogens is 398 g/mol. The summed E-state index contributed by atoms with van der Waals surface area (Å²) in [6.45, 7) is 3.39. The molecule has 1 aliphatic rings. The van der Waals surface area contributed by atoms with Crippen LogP contribution < -0.4 is 0 Å². The van der Waals surface area contributed by atoms with Crippen LogP contribution in [0.25, 0.3) is 0 Å². The van der Waals surface area contributed by atoms with E-state index in [-0.39, 0.29) is 16.4 Å². The molecule has 0 unspecified atom stereocenters. The van der Waals surface area contributed by atoms with Gasteiger partial charge in [0.25, 0.3) is 0 Å². The summed E-state index contributed by atoms with van der Waals surface area (Å²) in [5.41, 5.74) is 0. The van der Waals surface area contributed by atoms with Crippen LogP contribution in [0.2, 0.25) is 0 Å². The minimum Gasteiger partial charge on any atom is -0.453 e. The van der Waals surface area contributed by atoms with E-state index < -0.39 is 16.0 Å². The van der Waals surface area contributed by atoms with Gasteiger partial charge in [-0.15, -0.1) is 16.4 Å². The van der Waals surface area contributed by atoms with Gasteiger partial charge in [0.1, 0.15) is 9.77 Å². The Balaban J connectivity index is 1.73. The number of ether oxygens (including phenoxy) is 1. The Morgan fingerprint density at radius 1 is 1.35 bits per heavy atom. The molecule has 0 aromatic carbocycles. The van der Waals surface area contributed by atoms with E-state index in [1.54, 1.807) is 21.8 Å². The maximum atomic E-state index is 12.8. The van der Waals surface area contributed by atoms with Crippen LogP contribution in [0.5, 0.6) is 0 Å².